The van der Waals surface area contributed by atoms with E-state index in [0.29, 0.717) is 13.0 Å². The first-order chi connectivity index (χ1) is 6.83. The molecule has 0 saturated carbocycles. The predicted molar refractivity (Wildman–Crippen MR) is 49.3 cm³/mol. The van der Waals surface area contributed by atoms with Crippen molar-refractivity contribution in [2.24, 2.45) is 0 Å². The second-order valence-electron chi connectivity index (χ2n) is 4.01. The number of carbonyl (C=O) groups is 1. The van der Waals surface area contributed by atoms with Crippen LogP contribution in [0.1, 0.15) is 26.2 Å². The molecule has 0 aliphatic carbocycles. The van der Waals surface area contributed by atoms with E-state index in [4.69, 9.17) is 0 Å². The smallest absolute Gasteiger partial charge is 0.345 e. The Morgan fingerprint density at radius 2 is 2.13 bits per heavy atom. The number of hydrogen-bond acceptors (Lipinski definition) is 2. The minimum absolute atomic E-state index is 0.570. The van der Waals surface area contributed by atoms with E-state index >= 15 is 0 Å². The number of piperidine rings is 1. The third kappa shape index (κ3) is 3.70. The highest BCUT2D eigenvalue weighted by Gasteiger charge is 2.36. The van der Waals surface area contributed by atoms with E-state index in [0.717, 1.165) is 12.8 Å². The van der Waals surface area contributed by atoms with Crippen LogP contribution in [0.3, 0.4) is 0 Å². The Morgan fingerprint density at radius 1 is 1.47 bits per heavy atom. The second kappa shape index (κ2) is 4.38. The van der Waals surface area contributed by atoms with Crippen molar-refractivity contribution in [1.82, 2.24) is 10.6 Å². The van der Waals surface area contributed by atoms with Crippen molar-refractivity contribution >= 4 is 5.91 Å². The topological polar surface area (TPSA) is 41.1 Å². The summed E-state index contributed by atoms with van der Waals surface area (Å²) < 4.78 is 35.6. The predicted octanol–water partition coefficient (Wildman–Crippen LogP) is 1.20. The molecule has 0 aromatic carbocycles. The molecule has 0 radical (unpaired) electrons. The molecule has 1 fully saturated rings. The summed E-state index contributed by atoms with van der Waals surface area (Å²) in [5.74, 6) is -0.570. The molecule has 1 saturated heterocycles. The first kappa shape index (κ1) is 12.3. The van der Waals surface area contributed by atoms with Crippen LogP contribution < -0.4 is 10.6 Å². The summed E-state index contributed by atoms with van der Waals surface area (Å²) in [6.07, 6.45) is -1.94. The van der Waals surface area contributed by atoms with Crippen molar-refractivity contribution < 1.29 is 18.0 Å². The van der Waals surface area contributed by atoms with E-state index in [2.05, 4.69) is 5.32 Å². The lowest BCUT2D eigenvalue weighted by Crippen LogP contribution is -2.57. The molecule has 1 amide bonds. The van der Waals surface area contributed by atoms with Gasteiger partial charge in [-0.3, -0.25) is 4.79 Å². The highest BCUT2D eigenvalue weighted by molar-refractivity contribution is 5.86. The van der Waals surface area contributed by atoms with Gasteiger partial charge in [0.15, 0.2) is 0 Å². The van der Waals surface area contributed by atoms with Gasteiger partial charge >= 0.3 is 6.18 Å². The van der Waals surface area contributed by atoms with Crippen molar-refractivity contribution in [2.45, 2.75) is 37.9 Å². The largest absolute Gasteiger partial charge is 0.405 e. The maximum absolute atomic E-state index is 11.9. The number of amides is 1. The summed E-state index contributed by atoms with van der Waals surface area (Å²) in [4.78, 5) is 11.5. The summed E-state index contributed by atoms with van der Waals surface area (Å²) >= 11 is 0. The van der Waals surface area contributed by atoms with Crippen LogP contribution in [-0.4, -0.2) is 30.7 Å². The summed E-state index contributed by atoms with van der Waals surface area (Å²) in [6.45, 7) is 1.05. The van der Waals surface area contributed by atoms with E-state index < -0.39 is 24.2 Å². The second-order valence-corrected chi connectivity index (χ2v) is 4.01. The van der Waals surface area contributed by atoms with E-state index in [1.807, 2.05) is 5.32 Å². The first-order valence-corrected chi connectivity index (χ1v) is 4.94. The molecule has 88 valence electrons. The number of alkyl halides is 3. The van der Waals surface area contributed by atoms with E-state index in [9.17, 15) is 18.0 Å². The average molecular weight is 224 g/mol. The van der Waals surface area contributed by atoms with Gasteiger partial charge < -0.3 is 10.6 Å². The Bertz CT molecular complexity index is 234. The standard InChI is InChI=1S/C9H15F3N2O/c1-8(4-2-3-5-14-8)7(15)13-6-9(10,11)12/h14H,2-6H2,1H3,(H,13,15). The summed E-state index contributed by atoms with van der Waals surface area (Å²) in [7, 11) is 0. The number of carbonyl (C=O) groups excluding carboxylic acids is 1. The fourth-order valence-electron chi connectivity index (χ4n) is 1.63. The molecule has 0 spiro atoms. The third-order valence-electron chi connectivity index (χ3n) is 2.57. The average Bonchev–Trinajstić information content (AvgIpc) is 2.14. The van der Waals surface area contributed by atoms with Gasteiger partial charge in [0.25, 0.3) is 0 Å². The fraction of sp³-hybridized carbons (Fsp3) is 0.889. The first-order valence-electron chi connectivity index (χ1n) is 4.94. The van der Waals surface area contributed by atoms with Gasteiger partial charge in [0.1, 0.15) is 6.54 Å². The monoisotopic (exact) mass is 224 g/mol. The Hall–Kier alpha value is -0.780. The molecular formula is C9H15F3N2O. The van der Waals surface area contributed by atoms with Crippen LogP contribution in [0.25, 0.3) is 0 Å². The van der Waals surface area contributed by atoms with Crippen LogP contribution in [0.2, 0.25) is 0 Å². The van der Waals surface area contributed by atoms with Gasteiger partial charge in [0.05, 0.1) is 5.54 Å². The van der Waals surface area contributed by atoms with E-state index in [1.165, 1.54) is 0 Å². The number of rotatable bonds is 2. The summed E-state index contributed by atoms with van der Waals surface area (Å²) in [5, 5.41) is 4.86. The van der Waals surface area contributed by atoms with Crippen molar-refractivity contribution in [1.29, 1.82) is 0 Å². The minimum atomic E-state index is -4.35. The SMILES string of the molecule is CC1(C(=O)NCC(F)(F)F)CCCCN1. The van der Waals surface area contributed by atoms with Crippen LogP contribution in [0.15, 0.2) is 0 Å². The molecule has 1 rings (SSSR count). The van der Waals surface area contributed by atoms with Crippen LogP contribution in [-0.2, 0) is 4.79 Å². The molecule has 3 nitrogen and oxygen atoms in total. The number of halogens is 3. The van der Waals surface area contributed by atoms with Crippen molar-refractivity contribution in [3.05, 3.63) is 0 Å². The van der Waals surface area contributed by atoms with E-state index in [-0.39, 0.29) is 0 Å². The molecular weight excluding hydrogens is 209 g/mol. The summed E-state index contributed by atoms with van der Waals surface area (Å²) in [5.41, 5.74) is -0.844. The molecule has 1 heterocycles. The van der Waals surface area contributed by atoms with Gasteiger partial charge in [-0.15, -0.1) is 0 Å². The zero-order valence-electron chi connectivity index (χ0n) is 8.58. The van der Waals surface area contributed by atoms with Crippen molar-refractivity contribution in [3.8, 4) is 0 Å². The zero-order chi connectivity index (χ0) is 11.5. The van der Waals surface area contributed by atoms with Gasteiger partial charge in [-0.05, 0) is 32.7 Å². The highest BCUT2D eigenvalue weighted by Crippen LogP contribution is 2.19. The van der Waals surface area contributed by atoms with Gasteiger partial charge in [-0.1, -0.05) is 0 Å². The molecule has 0 bridgehead atoms. The van der Waals surface area contributed by atoms with Crippen molar-refractivity contribution in [3.63, 3.8) is 0 Å². The normalized spacial score (nSPS) is 27.5. The Labute approximate surface area is 86.4 Å². The fourth-order valence-corrected chi connectivity index (χ4v) is 1.63. The van der Waals surface area contributed by atoms with Gasteiger partial charge in [-0.25, -0.2) is 0 Å². The maximum Gasteiger partial charge on any atom is 0.405 e. The highest BCUT2D eigenvalue weighted by atomic mass is 19.4. The van der Waals surface area contributed by atoms with Crippen LogP contribution in [0.5, 0.6) is 0 Å². The van der Waals surface area contributed by atoms with Crippen molar-refractivity contribution in [2.75, 3.05) is 13.1 Å². The molecule has 1 atom stereocenters. The van der Waals surface area contributed by atoms with Crippen LogP contribution >= 0.6 is 0 Å². The molecule has 0 aromatic rings. The zero-order valence-corrected chi connectivity index (χ0v) is 8.58. The Kier molecular flexibility index (Phi) is 3.59. The summed E-state index contributed by atoms with van der Waals surface area (Å²) in [6, 6.07) is 0. The lowest BCUT2D eigenvalue weighted by Gasteiger charge is -2.33. The number of nitrogens with one attached hydrogen (secondary N) is 2. The van der Waals surface area contributed by atoms with Crippen LogP contribution in [0, 0.1) is 0 Å². The maximum atomic E-state index is 11.9. The van der Waals surface area contributed by atoms with E-state index in [1.54, 1.807) is 6.92 Å². The third-order valence-corrected chi connectivity index (χ3v) is 2.57. The lowest BCUT2D eigenvalue weighted by molar-refractivity contribution is -0.142. The van der Waals surface area contributed by atoms with Gasteiger partial charge in [-0.2, -0.15) is 13.2 Å². The number of hydrogen-bond donors (Lipinski definition) is 2. The lowest BCUT2D eigenvalue weighted by atomic mass is 9.90. The molecule has 0 aromatic heterocycles. The Morgan fingerprint density at radius 3 is 2.60 bits per heavy atom. The Balaban J connectivity index is 2.45. The van der Waals surface area contributed by atoms with Gasteiger partial charge in [0, 0.05) is 0 Å². The molecule has 1 aliphatic heterocycles. The van der Waals surface area contributed by atoms with Gasteiger partial charge in [0.2, 0.25) is 5.91 Å². The molecule has 1 aliphatic rings. The molecule has 15 heavy (non-hydrogen) atoms. The quantitative estimate of drug-likeness (QED) is 0.740. The minimum Gasteiger partial charge on any atom is -0.345 e. The molecule has 6 heteroatoms. The molecule has 1 unspecified atom stereocenters. The molecule has 2 N–H and O–H groups in total. The van der Waals surface area contributed by atoms with Crippen LogP contribution in [0.4, 0.5) is 13.2 Å².